The lowest BCUT2D eigenvalue weighted by molar-refractivity contribution is -0.138. The van der Waals surface area contributed by atoms with Gasteiger partial charge in [0.05, 0.1) is 0 Å². The molecule has 3 nitrogen and oxygen atoms in total. The molecule has 1 unspecified atom stereocenters. The van der Waals surface area contributed by atoms with Gasteiger partial charge in [0.2, 0.25) is 0 Å². The minimum Gasteiger partial charge on any atom is -0.479 e. The highest BCUT2D eigenvalue weighted by Gasteiger charge is 2.23. The van der Waals surface area contributed by atoms with E-state index in [4.69, 9.17) is 0 Å². The first-order valence-corrected chi connectivity index (χ1v) is 6.46. The number of hydrogen-bond donors (Lipinski definition) is 2. The Morgan fingerprint density at radius 2 is 1.95 bits per heavy atom. The largest absolute Gasteiger partial charge is 0.479 e. The van der Waals surface area contributed by atoms with E-state index in [2.05, 4.69) is 21.2 Å². The SMILES string of the molecule is O=C(O)C(Nc1cccc(Br)c1)c1cc(F)ccc1F. The molecule has 0 aromatic heterocycles. The van der Waals surface area contributed by atoms with Gasteiger partial charge in [-0.1, -0.05) is 22.0 Å². The van der Waals surface area contributed by atoms with Crippen molar-refractivity contribution < 1.29 is 18.7 Å². The molecule has 6 heteroatoms. The van der Waals surface area contributed by atoms with E-state index in [1.54, 1.807) is 24.3 Å². The maximum absolute atomic E-state index is 13.7. The monoisotopic (exact) mass is 341 g/mol. The van der Waals surface area contributed by atoms with E-state index in [1.165, 1.54) is 0 Å². The van der Waals surface area contributed by atoms with Gasteiger partial charge in [-0.15, -0.1) is 0 Å². The van der Waals surface area contributed by atoms with E-state index in [9.17, 15) is 18.7 Å². The van der Waals surface area contributed by atoms with Crippen LogP contribution in [0, 0.1) is 11.6 Å². The molecule has 0 radical (unpaired) electrons. The van der Waals surface area contributed by atoms with Crippen molar-refractivity contribution in [1.29, 1.82) is 0 Å². The van der Waals surface area contributed by atoms with Crippen molar-refractivity contribution in [3.8, 4) is 0 Å². The van der Waals surface area contributed by atoms with Crippen LogP contribution in [-0.2, 0) is 4.79 Å². The summed E-state index contributed by atoms with van der Waals surface area (Å²) in [6, 6.07) is 8.10. The van der Waals surface area contributed by atoms with E-state index in [1.807, 2.05) is 0 Å². The van der Waals surface area contributed by atoms with Gasteiger partial charge in [0.25, 0.3) is 0 Å². The van der Waals surface area contributed by atoms with Gasteiger partial charge in [0.15, 0.2) is 6.04 Å². The van der Waals surface area contributed by atoms with Gasteiger partial charge < -0.3 is 10.4 Å². The summed E-state index contributed by atoms with van der Waals surface area (Å²) in [5.74, 6) is -2.76. The Labute approximate surface area is 122 Å². The summed E-state index contributed by atoms with van der Waals surface area (Å²) < 4.78 is 27.6. The molecule has 2 N–H and O–H groups in total. The second-order valence-corrected chi connectivity index (χ2v) is 5.01. The highest BCUT2D eigenvalue weighted by atomic mass is 79.9. The Hall–Kier alpha value is -1.95. The van der Waals surface area contributed by atoms with Crippen LogP contribution in [0.15, 0.2) is 46.9 Å². The topological polar surface area (TPSA) is 49.3 Å². The Morgan fingerprint density at radius 3 is 2.60 bits per heavy atom. The third-order valence-electron chi connectivity index (χ3n) is 2.65. The summed E-state index contributed by atoms with van der Waals surface area (Å²) in [7, 11) is 0. The number of nitrogens with one attached hydrogen (secondary N) is 1. The number of halogens is 3. The predicted molar refractivity (Wildman–Crippen MR) is 74.5 cm³/mol. The lowest BCUT2D eigenvalue weighted by Crippen LogP contribution is -2.21. The molecule has 0 aliphatic rings. The normalized spacial score (nSPS) is 11.9. The molecule has 104 valence electrons. The van der Waals surface area contributed by atoms with Crippen LogP contribution in [0.25, 0.3) is 0 Å². The van der Waals surface area contributed by atoms with Crippen LogP contribution in [0.5, 0.6) is 0 Å². The van der Waals surface area contributed by atoms with Crippen LogP contribution < -0.4 is 5.32 Å². The molecular formula is C14H10BrF2NO2. The first-order chi connectivity index (χ1) is 9.47. The van der Waals surface area contributed by atoms with Crippen molar-refractivity contribution in [2.75, 3.05) is 5.32 Å². The number of hydrogen-bond acceptors (Lipinski definition) is 2. The zero-order chi connectivity index (χ0) is 14.7. The Balaban J connectivity index is 2.37. The number of carboxylic acids is 1. The molecule has 20 heavy (non-hydrogen) atoms. The quantitative estimate of drug-likeness (QED) is 0.884. The summed E-state index contributed by atoms with van der Waals surface area (Å²) in [6.45, 7) is 0. The molecule has 1 atom stereocenters. The van der Waals surface area contributed by atoms with Crippen LogP contribution in [0.3, 0.4) is 0 Å². The van der Waals surface area contributed by atoms with Gasteiger partial charge in [-0.05, 0) is 36.4 Å². The standard InChI is InChI=1S/C14H10BrF2NO2/c15-8-2-1-3-10(6-8)18-13(14(19)20)11-7-9(16)4-5-12(11)17/h1-7,13,18H,(H,19,20). The van der Waals surface area contributed by atoms with Gasteiger partial charge in [0, 0.05) is 15.7 Å². The molecular weight excluding hydrogens is 332 g/mol. The average molecular weight is 342 g/mol. The fraction of sp³-hybridized carbons (Fsp3) is 0.0714. The number of carbonyl (C=O) groups is 1. The fourth-order valence-corrected chi connectivity index (χ4v) is 2.15. The molecule has 0 amide bonds. The molecule has 2 rings (SSSR count). The van der Waals surface area contributed by atoms with Crippen molar-refractivity contribution in [3.63, 3.8) is 0 Å². The van der Waals surface area contributed by atoms with E-state index in [-0.39, 0.29) is 5.56 Å². The Kier molecular flexibility index (Phi) is 4.34. The third kappa shape index (κ3) is 3.33. The molecule has 0 spiro atoms. The van der Waals surface area contributed by atoms with Crippen molar-refractivity contribution in [1.82, 2.24) is 0 Å². The molecule has 0 bridgehead atoms. The van der Waals surface area contributed by atoms with Crippen LogP contribution >= 0.6 is 15.9 Å². The van der Waals surface area contributed by atoms with Gasteiger partial charge in [-0.3, -0.25) is 0 Å². The molecule has 2 aromatic rings. The molecule has 2 aromatic carbocycles. The zero-order valence-corrected chi connectivity index (χ0v) is 11.7. The second kappa shape index (κ2) is 6.00. The number of carboxylic acid groups (broad SMARTS) is 1. The third-order valence-corrected chi connectivity index (χ3v) is 3.14. The maximum atomic E-state index is 13.7. The number of rotatable bonds is 4. The summed E-state index contributed by atoms with van der Waals surface area (Å²) in [4.78, 5) is 11.3. The van der Waals surface area contributed by atoms with Gasteiger partial charge in [-0.2, -0.15) is 0 Å². The predicted octanol–water partition coefficient (Wildman–Crippen LogP) is 3.97. The van der Waals surface area contributed by atoms with Crippen LogP contribution in [0.1, 0.15) is 11.6 Å². The fourth-order valence-electron chi connectivity index (χ4n) is 1.75. The van der Waals surface area contributed by atoms with E-state index in [0.29, 0.717) is 5.69 Å². The number of anilines is 1. The lowest BCUT2D eigenvalue weighted by atomic mass is 10.1. The highest BCUT2D eigenvalue weighted by molar-refractivity contribution is 9.10. The maximum Gasteiger partial charge on any atom is 0.330 e. The lowest BCUT2D eigenvalue weighted by Gasteiger charge is -2.17. The van der Waals surface area contributed by atoms with Crippen molar-refractivity contribution in [3.05, 3.63) is 64.1 Å². The summed E-state index contributed by atoms with van der Waals surface area (Å²) in [5, 5.41) is 11.9. The van der Waals surface area contributed by atoms with Gasteiger partial charge in [0.1, 0.15) is 11.6 Å². The minimum atomic E-state index is -1.38. The van der Waals surface area contributed by atoms with E-state index in [0.717, 1.165) is 22.7 Å². The molecule has 0 fully saturated rings. The number of aliphatic carboxylic acids is 1. The van der Waals surface area contributed by atoms with E-state index < -0.39 is 23.6 Å². The van der Waals surface area contributed by atoms with Crippen LogP contribution in [0.2, 0.25) is 0 Å². The van der Waals surface area contributed by atoms with Crippen LogP contribution in [-0.4, -0.2) is 11.1 Å². The van der Waals surface area contributed by atoms with Crippen molar-refractivity contribution >= 4 is 27.6 Å². The zero-order valence-electron chi connectivity index (χ0n) is 10.1. The summed E-state index contributed by atoms with van der Waals surface area (Å²) >= 11 is 3.25. The Bertz CT molecular complexity index is 649. The summed E-state index contributed by atoms with van der Waals surface area (Å²) in [5.41, 5.74) is 0.230. The van der Waals surface area contributed by atoms with Crippen molar-refractivity contribution in [2.24, 2.45) is 0 Å². The molecule has 0 aliphatic heterocycles. The highest BCUT2D eigenvalue weighted by Crippen LogP contribution is 2.25. The number of benzene rings is 2. The van der Waals surface area contributed by atoms with Crippen molar-refractivity contribution in [2.45, 2.75) is 6.04 Å². The molecule has 0 heterocycles. The molecule has 0 aliphatic carbocycles. The molecule has 0 saturated heterocycles. The smallest absolute Gasteiger partial charge is 0.330 e. The van der Waals surface area contributed by atoms with E-state index >= 15 is 0 Å². The van der Waals surface area contributed by atoms with Gasteiger partial charge in [-0.25, -0.2) is 13.6 Å². The van der Waals surface area contributed by atoms with Crippen LogP contribution in [0.4, 0.5) is 14.5 Å². The molecule has 0 saturated carbocycles. The average Bonchev–Trinajstić information content (AvgIpc) is 2.39. The van der Waals surface area contributed by atoms with Gasteiger partial charge >= 0.3 is 5.97 Å². The minimum absolute atomic E-state index is 0.252. The first kappa shape index (κ1) is 14.5. The Morgan fingerprint density at radius 1 is 1.20 bits per heavy atom. The summed E-state index contributed by atoms with van der Waals surface area (Å²) in [6.07, 6.45) is 0. The second-order valence-electron chi connectivity index (χ2n) is 4.09. The first-order valence-electron chi connectivity index (χ1n) is 5.67.